The van der Waals surface area contributed by atoms with E-state index in [2.05, 4.69) is 31.2 Å². The van der Waals surface area contributed by atoms with Crippen LogP contribution >= 0.6 is 0 Å². The minimum absolute atomic E-state index is 0.0771. The first-order chi connectivity index (χ1) is 6.77. The zero-order valence-corrected chi connectivity index (χ0v) is 8.79. The molecule has 0 unspecified atom stereocenters. The second-order valence-corrected chi connectivity index (χ2v) is 4.51. The SMILES string of the molecule is Cc1ccc(C2(CO)CCCC2)cc1. The van der Waals surface area contributed by atoms with Crippen molar-refractivity contribution < 1.29 is 5.11 Å². The molecule has 0 bridgehead atoms. The molecule has 1 aromatic rings. The zero-order chi connectivity index (χ0) is 10.0. The molecule has 1 aromatic carbocycles. The summed E-state index contributed by atoms with van der Waals surface area (Å²) in [4.78, 5) is 0. The highest BCUT2D eigenvalue weighted by Crippen LogP contribution is 2.40. The molecule has 2 rings (SSSR count). The predicted molar refractivity (Wildman–Crippen MR) is 58.4 cm³/mol. The maximum Gasteiger partial charge on any atom is 0.0527 e. The van der Waals surface area contributed by atoms with E-state index < -0.39 is 0 Å². The van der Waals surface area contributed by atoms with E-state index in [0.29, 0.717) is 6.61 Å². The van der Waals surface area contributed by atoms with Crippen molar-refractivity contribution in [1.82, 2.24) is 0 Å². The lowest BCUT2D eigenvalue weighted by Gasteiger charge is -2.27. The summed E-state index contributed by atoms with van der Waals surface area (Å²) in [5, 5.41) is 9.54. The van der Waals surface area contributed by atoms with Gasteiger partial charge in [0, 0.05) is 5.41 Å². The van der Waals surface area contributed by atoms with E-state index in [1.807, 2.05) is 0 Å². The average Bonchev–Trinajstić information content (AvgIpc) is 2.68. The number of aryl methyl sites for hydroxylation is 1. The van der Waals surface area contributed by atoms with E-state index >= 15 is 0 Å². The smallest absolute Gasteiger partial charge is 0.0527 e. The second-order valence-electron chi connectivity index (χ2n) is 4.51. The molecule has 0 aliphatic heterocycles. The maximum atomic E-state index is 9.54. The minimum atomic E-state index is 0.0771. The first-order valence-corrected chi connectivity index (χ1v) is 5.45. The van der Waals surface area contributed by atoms with Crippen molar-refractivity contribution in [2.24, 2.45) is 0 Å². The fourth-order valence-electron chi connectivity index (χ4n) is 2.50. The van der Waals surface area contributed by atoms with Gasteiger partial charge in [-0.3, -0.25) is 0 Å². The van der Waals surface area contributed by atoms with Gasteiger partial charge in [-0.15, -0.1) is 0 Å². The summed E-state index contributed by atoms with van der Waals surface area (Å²) >= 11 is 0. The first kappa shape index (κ1) is 9.72. The van der Waals surface area contributed by atoms with E-state index in [-0.39, 0.29) is 5.41 Å². The molecule has 0 aromatic heterocycles. The second kappa shape index (κ2) is 3.74. The van der Waals surface area contributed by atoms with Crippen molar-refractivity contribution in [1.29, 1.82) is 0 Å². The molecule has 0 atom stereocenters. The van der Waals surface area contributed by atoms with E-state index in [4.69, 9.17) is 0 Å². The topological polar surface area (TPSA) is 20.2 Å². The van der Waals surface area contributed by atoms with E-state index in [0.717, 1.165) is 12.8 Å². The van der Waals surface area contributed by atoms with Crippen LogP contribution in [0.3, 0.4) is 0 Å². The van der Waals surface area contributed by atoms with Crippen LogP contribution in [-0.2, 0) is 5.41 Å². The van der Waals surface area contributed by atoms with Gasteiger partial charge in [0.15, 0.2) is 0 Å². The van der Waals surface area contributed by atoms with Crippen LogP contribution in [0.4, 0.5) is 0 Å². The van der Waals surface area contributed by atoms with Gasteiger partial charge in [-0.05, 0) is 25.3 Å². The monoisotopic (exact) mass is 190 g/mol. The Morgan fingerprint density at radius 1 is 1.14 bits per heavy atom. The van der Waals surface area contributed by atoms with Gasteiger partial charge in [0.2, 0.25) is 0 Å². The van der Waals surface area contributed by atoms with Crippen molar-refractivity contribution in [2.45, 2.75) is 38.0 Å². The van der Waals surface area contributed by atoms with Crippen LogP contribution in [0.2, 0.25) is 0 Å². The third-order valence-corrected chi connectivity index (χ3v) is 3.53. The molecule has 0 spiro atoms. The number of aliphatic hydroxyl groups excluding tert-OH is 1. The standard InChI is InChI=1S/C13H18O/c1-11-4-6-12(7-5-11)13(10-14)8-2-3-9-13/h4-7,14H,2-3,8-10H2,1H3. The number of aliphatic hydroxyl groups is 1. The Kier molecular flexibility index (Phi) is 2.60. The molecule has 0 saturated heterocycles. The molecule has 76 valence electrons. The highest BCUT2D eigenvalue weighted by Gasteiger charge is 2.34. The Balaban J connectivity index is 2.31. The molecule has 1 fully saturated rings. The van der Waals surface area contributed by atoms with Crippen LogP contribution in [0.25, 0.3) is 0 Å². The highest BCUT2D eigenvalue weighted by molar-refractivity contribution is 5.29. The van der Waals surface area contributed by atoms with Crippen LogP contribution in [-0.4, -0.2) is 11.7 Å². The lowest BCUT2D eigenvalue weighted by atomic mass is 9.79. The predicted octanol–water partition coefficient (Wildman–Crippen LogP) is 2.80. The average molecular weight is 190 g/mol. The lowest BCUT2D eigenvalue weighted by Crippen LogP contribution is -2.26. The molecule has 1 saturated carbocycles. The molecule has 1 aliphatic carbocycles. The largest absolute Gasteiger partial charge is 0.395 e. The first-order valence-electron chi connectivity index (χ1n) is 5.45. The summed E-state index contributed by atoms with van der Waals surface area (Å²) in [6.07, 6.45) is 4.81. The number of benzene rings is 1. The van der Waals surface area contributed by atoms with Gasteiger partial charge in [0.1, 0.15) is 0 Å². The molecule has 0 heterocycles. The Labute approximate surface area is 85.8 Å². The summed E-state index contributed by atoms with van der Waals surface area (Å²) in [7, 11) is 0. The Bertz CT molecular complexity index is 294. The zero-order valence-electron chi connectivity index (χ0n) is 8.79. The van der Waals surface area contributed by atoms with Gasteiger partial charge in [0.05, 0.1) is 6.61 Å². The van der Waals surface area contributed by atoms with Crippen molar-refractivity contribution in [2.75, 3.05) is 6.61 Å². The van der Waals surface area contributed by atoms with Crippen LogP contribution < -0.4 is 0 Å². The number of hydrogen-bond acceptors (Lipinski definition) is 1. The molecule has 1 heteroatoms. The Morgan fingerprint density at radius 2 is 1.71 bits per heavy atom. The van der Waals surface area contributed by atoms with Crippen LogP contribution in [0, 0.1) is 6.92 Å². The third-order valence-electron chi connectivity index (χ3n) is 3.53. The van der Waals surface area contributed by atoms with Gasteiger partial charge in [-0.1, -0.05) is 42.7 Å². The van der Waals surface area contributed by atoms with E-state index in [1.54, 1.807) is 0 Å². The van der Waals surface area contributed by atoms with Crippen LogP contribution in [0.1, 0.15) is 36.8 Å². The maximum absolute atomic E-state index is 9.54. The third kappa shape index (κ3) is 1.57. The molecule has 14 heavy (non-hydrogen) atoms. The quantitative estimate of drug-likeness (QED) is 0.760. The van der Waals surface area contributed by atoms with Gasteiger partial charge in [-0.2, -0.15) is 0 Å². The Hall–Kier alpha value is -0.820. The van der Waals surface area contributed by atoms with Crippen molar-refractivity contribution >= 4 is 0 Å². The summed E-state index contributed by atoms with van der Waals surface area (Å²) in [6.45, 7) is 2.40. The van der Waals surface area contributed by atoms with Gasteiger partial charge in [-0.25, -0.2) is 0 Å². The number of rotatable bonds is 2. The minimum Gasteiger partial charge on any atom is -0.395 e. The normalized spacial score (nSPS) is 19.9. The highest BCUT2D eigenvalue weighted by atomic mass is 16.3. The molecular formula is C13H18O. The molecule has 1 aliphatic rings. The molecule has 0 amide bonds. The summed E-state index contributed by atoms with van der Waals surface area (Å²) < 4.78 is 0. The van der Waals surface area contributed by atoms with E-state index in [9.17, 15) is 5.11 Å². The molecule has 1 nitrogen and oxygen atoms in total. The van der Waals surface area contributed by atoms with Crippen molar-refractivity contribution in [3.05, 3.63) is 35.4 Å². The fourth-order valence-corrected chi connectivity index (χ4v) is 2.50. The summed E-state index contributed by atoms with van der Waals surface area (Å²) in [5.74, 6) is 0. The number of hydrogen-bond donors (Lipinski definition) is 1. The Morgan fingerprint density at radius 3 is 2.21 bits per heavy atom. The van der Waals surface area contributed by atoms with Gasteiger partial charge >= 0.3 is 0 Å². The van der Waals surface area contributed by atoms with Gasteiger partial charge < -0.3 is 5.11 Å². The summed E-state index contributed by atoms with van der Waals surface area (Å²) in [5.41, 5.74) is 2.69. The van der Waals surface area contributed by atoms with Crippen LogP contribution in [0.15, 0.2) is 24.3 Å². The fraction of sp³-hybridized carbons (Fsp3) is 0.538. The van der Waals surface area contributed by atoms with Crippen molar-refractivity contribution in [3.63, 3.8) is 0 Å². The lowest BCUT2D eigenvalue weighted by molar-refractivity contribution is 0.196. The van der Waals surface area contributed by atoms with Crippen LogP contribution in [0.5, 0.6) is 0 Å². The van der Waals surface area contributed by atoms with Crippen molar-refractivity contribution in [3.8, 4) is 0 Å². The summed E-state index contributed by atoms with van der Waals surface area (Å²) in [6, 6.07) is 8.64. The van der Waals surface area contributed by atoms with E-state index in [1.165, 1.54) is 24.0 Å². The van der Waals surface area contributed by atoms with Gasteiger partial charge in [0.25, 0.3) is 0 Å². The molecular weight excluding hydrogens is 172 g/mol. The molecule has 1 N–H and O–H groups in total. The molecule has 0 radical (unpaired) electrons.